The van der Waals surface area contributed by atoms with Crippen molar-refractivity contribution in [3.8, 4) is 17.0 Å². The van der Waals surface area contributed by atoms with E-state index >= 15 is 0 Å². The van der Waals surface area contributed by atoms with Crippen LogP contribution in [0.1, 0.15) is 5.56 Å². The first-order valence-electron chi connectivity index (χ1n) is 8.32. The van der Waals surface area contributed by atoms with Crippen molar-refractivity contribution in [2.45, 2.75) is 6.92 Å². The molecule has 0 amide bonds. The van der Waals surface area contributed by atoms with Crippen LogP contribution in [0.4, 0.5) is 11.1 Å². The molecule has 0 saturated carbocycles. The van der Waals surface area contributed by atoms with Crippen LogP contribution >= 0.6 is 22.7 Å². The first-order valence-corrected chi connectivity index (χ1v) is 10.0. The zero-order valence-corrected chi connectivity index (χ0v) is 16.3. The van der Waals surface area contributed by atoms with Gasteiger partial charge in [-0.05, 0) is 25.1 Å². The van der Waals surface area contributed by atoms with Crippen LogP contribution in [0.3, 0.4) is 0 Å². The molecule has 3 aromatic heterocycles. The van der Waals surface area contributed by atoms with E-state index in [1.807, 2.05) is 22.7 Å². The van der Waals surface area contributed by atoms with Crippen molar-refractivity contribution in [2.75, 3.05) is 12.4 Å². The van der Waals surface area contributed by atoms with Gasteiger partial charge in [-0.15, -0.1) is 16.4 Å². The maximum atomic E-state index is 5.27. The quantitative estimate of drug-likeness (QED) is 0.459. The van der Waals surface area contributed by atoms with E-state index in [0.29, 0.717) is 5.95 Å². The number of methoxy groups -OCH3 is 1. The molecule has 1 N–H and O–H groups in total. The van der Waals surface area contributed by atoms with Gasteiger partial charge >= 0.3 is 0 Å². The molecule has 0 radical (unpaired) electrons. The highest BCUT2D eigenvalue weighted by Gasteiger charge is 2.13. The third-order valence-electron chi connectivity index (χ3n) is 4.24. The molecule has 0 atom stereocenters. The summed E-state index contributed by atoms with van der Waals surface area (Å²) in [5, 5.41) is 10.7. The Morgan fingerprint density at radius 2 is 1.93 bits per heavy atom. The van der Waals surface area contributed by atoms with E-state index < -0.39 is 0 Å². The van der Waals surface area contributed by atoms with Gasteiger partial charge in [0.25, 0.3) is 0 Å². The molecular formula is C19H15N5OS2. The molecule has 0 saturated heterocycles. The second-order valence-corrected chi connectivity index (χ2v) is 7.96. The summed E-state index contributed by atoms with van der Waals surface area (Å²) in [5.74, 6) is 1.36. The molecule has 0 aliphatic heterocycles. The van der Waals surface area contributed by atoms with Crippen LogP contribution in [0.25, 0.3) is 26.4 Å². The monoisotopic (exact) mass is 393 g/mol. The van der Waals surface area contributed by atoms with Gasteiger partial charge in [0.2, 0.25) is 10.9 Å². The molecule has 0 spiro atoms. The molecule has 2 aromatic carbocycles. The van der Waals surface area contributed by atoms with E-state index in [9.17, 15) is 0 Å². The standard InChI is InChI=1S/C19H15N5OS2/c1-11-3-5-12(6-4-11)15-10-26-19-22-17(23-24(15)19)21-18-20-14-8-7-13(25-2)9-16(14)27-18/h3-10H,1-2H3,(H,20,21,23). The zero-order chi connectivity index (χ0) is 18.4. The number of hydrogen-bond acceptors (Lipinski definition) is 7. The Balaban J connectivity index is 1.48. The molecule has 0 fully saturated rings. The number of aryl methyl sites for hydroxylation is 1. The van der Waals surface area contributed by atoms with Crippen molar-refractivity contribution < 1.29 is 4.74 Å². The smallest absolute Gasteiger partial charge is 0.250 e. The Kier molecular flexibility index (Phi) is 3.80. The van der Waals surface area contributed by atoms with Crippen LogP contribution in [0.5, 0.6) is 5.75 Å². The summed E-state index contributed by atoms with van der Waals surface area (Å²) < 4.78 is 8.20. The van der Waals surface area contributed by atoms with E-state index in [4.69, 9.17) is 4.74 Å². The molecule has 0 aliphatic rings. The van der Waals surface area contributed by atoms with Gasteiger partial charge in [0, 0.05) is 10.9 Å². The highest BCUT2D eigenvalue weighted by Crippen LogP contribution is 2.31. The van der Waals surface area contributed by atoms with E-state index in [-0.39, 0.29) is 0 Å². The fraction of sp³-hybridized carbons (Fsp3) is 0.105. The maximum Gasteiger partial charge on any atom is 0.250 e. The average Bonchev–Trinajstić information content (AvgIpc) is 3.35. The summed E-state index contributed by atoms with van der Waals surface area (Å²) in [6, 6.07) is 14.2. The summed E-state index contributed by atoms with van der Waals surface area (Å²) >= 11 is 3.12. The van der Waals surface area contributed by atoms with Crippen molar-refractivity contribution in [3.05, 3.63) is 53.4 Å². The van der Waals surface area contributed by atoms with E-state index in [2.05, 4.69) is 57.0 Å². The Hall–Kier alpha value is -2.97. The van der Waals surface area contributed by atoms with Crippen LogP contribution in [-0.4, -0.2) is 26.7 Å². The van der Waals surface area contributed by atoms with Crippen LogP contribution in [0, 0.1) is 6.92 Å². The molecule has 134 valence electrons. The lowest BCUT2D eigenvalue weighted by molar-refractivity contribution is 0.415. The molecule has 5 rings (SSSR count). The SMILES string of the molecule is COc1ccc2nc(Nc3nc4scc(-c5ccc(C)cc5)n4n3)sc2c1. The summed E-state index contributed by atoms with van der Waals surface area (Å²) in [5.41, 5.74) is 4.31. The van der Waals surface area contributed by atoms with E-state index in [1.165, 1.54) is 5.56 Å². The Labute approximate surface area is 163 Å². The molecule has 0 unspecified atom stereocenters. The fourth-order valence-corrected chi connectivity index (χ4v) is 4.56. The van der Waals surface area contributed by atoms with Crippen molar-refractivity contribution in [1.29, 1.82) is 0 Å². The lowest BCUT2D eigenvalue weighted by Gasteiger charge is -1.99. The number of benzene rings is 2. The predicted molar refractivity (Wildman–Crippen MR) is 110 cm³/mol. The highest BCUT2D eigenvalue weighted by molar-refractivity contribution is 7.22. The summed E-state index contributed by atoms with van der Waals surface area (Å²) in [4.78, 5) is 10.0. The number of ether oxygens (including phenoxy) is 1. The van der Waals surface area contributed by atoms with Crippen LogP contribution < -0.4 is 10.1 Å². The Morgan fingerprint density at radius 1 is 1.07 bits per heavy atom. The molecular weight excluding hydrogens is 378 g/mol. The minimum atomic E-state index is 0.543. The van der Waals surface area contributed by atoms with Crippen molar-refractivity contribution in [1.82, 2.24) is 19.6 Å². The Morgan fingerprint density at radius 3 is 2.74 bits per heavy atom. The van der Waals surface area contributed by atoms with Gasteiger partial charge in [-0.2, -0.15) is 4.98 Å². The number of rotatable bonds is 4. The normalized spacial score (nSPS) is 11.3. The number of nitrogens with one attached hydrogen (secondary N) is 1. The summed E-state index contributed by atoms with van der Waals surface area (Å²) in [6.45, 7) is 2.08. The fourth-order valence-electron chi connectivity index (χ4n) is 2.84. The molecule has 0 bridgehead atoms. The zero-order valence-electron chi connectivity index (χ0n) is 14.6. The van der Waals surface area contributed by atoms with Crippen molar-refractivity contribution in [3.63, 3.8) is 0 Å². The van der Waals surface area contributed by atoms with E-state index in [1.54, 1.807) is 29.8 Å². The lowest BCUT2D eigenvalue weighted by atomic mass is 10.1. The van der Waals surface area contributed by atoms with Gasteiger partial charge < -0.3 is 4.74 Å². The molecule has 27 heavy (non-hydrogen) atoms. The minimum absolute atomic E-state index is 0.543. The van der Waals surface area contributed by atoms with Gasteiger partial charge in [-0.25, -0.2) is 9.50 Å². The maximum absolute atomic E-state index is 5.27. The molecule has 0 aliphatic carbocycles. The van der Waals surface area contributed by atoms with Gasteiger partial charge in [-0.1, -0.05) is 41.2 Å². The summed E-state index contributed by atoms with van der Waals surface area (Å²) in [7, 11) is 1.66. The number of hydrogen-bond donors (Lipinski definition) is 1. The molecule has 8 heteroatoms. The van der Waals surface area contributed by atoms with Crippen molar-refractivity contribution in [2.24, 2.45) is 0 Å². The van der Waals surface area contributed by atoms with Crippen LogP contribution in [-0.2, 0) is 0 Å². The van der Waals surface area contributed by atoms with E-state index in [0.717, 1.165) is 37.3 Å². The highest BCUT2D eigenvalue weighted by atomic mass is 32.1. The van der Waals surface area contributed by atoms with Gasteiger partial charge in [0.1, 0.15) is 5.75 Å². The number of nitrogens with zero attached hydrogens (tertiary/aromatic N) is 4. The second kappa shape index (κ2) is 6.33. The second-order valence-electron chi connectivity index (χ2n) is 6.09. The molecule has 3 heterocycles. The number of fused-ring (bicyclic) bond motifs is 2. The van der Waals surface area contributed by atoms with Gasteiger partial charge in [0.05, 0.1) is 23.0 Å². The first-order chi connectivity index (χ1) is 13.2. The van der Waals surface area contributed by atoms with Crippen LogP contribution in [0.2, 0.25) is 0 Å². The number of thiazole rings is 2. The average molecular weight is 393 g/mol. The molecule has 5 aromatic rings. The number of anilines is 2. The molecule has 6 nitrogen and oxygen atoms in total. The third kappa shape index (κ3) is 2.92. The summed E-state index contributed by atoms with van der Waals surface area (Å²) in [6.07, 6.45) is 0. The Bertz CT molecular complexity index is 1250. The van der Waals surface area contributed by atoms with Gasteiger partial charge in [-0.3, -0.25) is 5.32 Å². The lowest BCUT2D eigenvalue weighted by Crippen LogP contribution is -1.93. The third-order valence-corrected chi connectivity index (χ3v) is 5.99. The van der Waals surface area contributed by atoms with Crippen molar-refractivity contribution >= 4 is 48.9 Å². The minimum Gasteiger partial charge on any atom is -0.497 e. The van der Waals surface area contributed by atoms with Crippen LogP contribution in [0.15, 0.2) is 47.8 Å². The number of aromatic nitrogens is 4. The first kappa shape index (κ1) is 16.2. The van der Waals surface area contributed by atoms with Gasteiger partial charge in [0.15, 0.2) is 5.13 Å². The topological polar surface area (TPSA) is 64.3 Å². The largest absolute Gasteiger partial charge is 0.497 e. The predicted octanol–water partition coefficient (Wildman–Crippen LogP) is 5.13.